The molecule has 0 aliphatic rings. The van der Waals surface area contributed by atoms with Crippen molar-refractivity contribution >= 4 is 5.70 Å². The van der Waals surface area contributed by atoms with E-state index < -0.39 is 0 Å². The molecule has 0 saturated heterocycles. The van der Waals surface area contributed by atoms with Crippen LogP contribution in [0.15, 0.2) is 24.8 Å². The molecule has 0 aliphatic carbocycles. The van der Waals surface area contributed by atoms with Crippen molar-refractivity contribution in [1.29, 1.82) is 0 Å². The molecule has 64 valence electrons. The maximum Gasteiger partial charge on any atom is 0.132 e. The van der Waals surface area contributed by atoms with E-state index in [9.17, 15) is 4.39 Å². The summed E-state index contributed by atoms with van der Waals surface area (Å²) >= 11 is 0. The first-order valence-corrected chi connectivity index (χ1v) is 3.88. The lowest BCUT2D eigenvalue weighted by atomic mass is 10.1. The second-order valence-electron chi connectivity index (χ2n) is 2.69. The molecule has 0 fully saturated rings. The molecular formula is C10H12FN. The zero-order valence-corrected chi connectivity index (χ0v) is 7.10. The standard InChI is InChI=1S/C10H12FN/c1-3-8-4-5-9(7(2)12)10(11)6-8/h4-6H,2-3,12H2,1H3. The molecule has 2 N–H and O–H groups in total. The minimum atomic E-state index is -0.290. The molecule has 0 heterocycles. The summed E-state index contributed by atoms with van der Waals surface area (Å²) in [5.74, 6) is -0.290. The van der Waals surface area contributed by atoms with Gasteiger partial charge in [0, 0.05) is 11.3 Å². The summed E-state index contributed by atoms with van der Waals surface area (Å²) in [6, 6.07) is 5.01. The van der Waals surface area contributed by atoms with E-state index in [0.717, 1.165) is 12.0 Å². The first-order valence-electron chi connectivity index (χ1n) is 3.88. The monoisotopic (exact) mass is 165 g/mol. The van der Waals surface area contributed by atoms with E-state index in [1.807, 2.05) is 13.0 Å². The zero-order chi connectivity index (χ0) is 9.14. The van der Waals surface area contributed by atoms with Gasteiger partial charge in [-0.15, -0.1) is 0 Å². The molecule has 0 radical (unpaired) electrons. The van der Waals surface area contributed by atoms with Crippen LogP contribution < -0.4 is 5.73 Å². The van der Waals surface area contributed by atoms with E-state index in [1.54, 1.807) is 6.07 Å². The number of nitrogens with two attached hydrogens (primary N) is 1. The van der Waals surface area contributed by atoms with Gasteiger partial charge in [0.05, 0.1) is 0 Å². The topological polar surface area (TPSA) is 26.0 Å². The number of hydrogen-bond acceptors (Lipinski definition) is 1. The normalized spacial score (nSPS) is 9.83. The zero-order valence-electron chi connectivity index (χ0n) is 7.10. The summed E-state index contributed by atoms with van der Waals surface area (Å²) in [5, 5.41) is 0. The fraction of sp³-hybridized carbons (Fsp3) is 0.200. The van der Waals surface area contributed by atoms with Gasteiger partial charge >= 0.3 is 0 Å². The Morgan fingerprint density at radius 2 is 2.25 bits per heavy atom. The van der Waals surface area contributed by atoms with Crippen molar-refractivity contribution in [2.75, 3.05) is 0 Å². The maximum atomic E-state index is 13.1. The van der Waals surface area contributed by atoms with Crippen LogP contribution in [0, 0.1) is 5.82 Å². The van der Waals surface area contributed by atoms with Gasteiger partial charge in [-0.2, -0.15) is 0 Å². The number of benzene rings is 1. The fourth-order valence-corrected chi connectivity index (χ4v) is 1.04. The van der Waals surface area contributed by atoms with Gasteiger partial charge in [0.1, 0.15) is 5.82 Å². The molecule has 12 heavy (non-hydrogen) atoms. The third kappa shape index (κ3) is 1.64. The molecule has 0 bridgehead atoms. The van der Waals surface area contributed by atoms with Gasteiger partial charge < -0.3 is 5.73 Å². The fourth-order valence-electron chi connectivity index (χ4n) is 1.04. The molecule has 0 unspecified atom stereocenters. The lowest BCUT2D eigenvalue weighted by Gasteiger charge is -2.03. The van der Waals surface area contributed by atoms with E-state index in [2.05, 4.69) is 6.58 Å². The Kier molecular flexibility index (Phi) is 2.48. The van der Waals surface area contributed by atoms with Gasteiger partial charge in [-0.25, -0.2) is 4.39 Å². The van der Waals surface area contributed by atoms with Crippen LogP contribution in [0.5, 0.6) is 0 Å². The average molecular weight is 165 g/mol. The number of aryl methyl sites for hydroxylation is 1. The largest absolute Gasteiger partial charge is 0.399 e. The summed E-state index contributed by atoms with van der Waals surface area (Å²) in [4.78, 5) is 0. The van der Waals surface area contributed by atoms with E-state index in [4.69, 9.17) is 5.73 Å². The molecule has 0 saturated carbocycles. The Bertz CT molecular complexity index is 305. The number of hydrogen-bond donors (Lipinski definition) is 1. The summed E-state index contributed by atoms with van der Waals surface area (Å²) in [5.41, 5.74) is 7.01. The van der Waals surface area contributed by atoms with Gasteiger partial charge in [-0.05, 0) is 24.1 Å². The molecule has 1 aromatic carbocycles. The third-order valence-corrected chi connectivity index (χ3v) is 1.79. The molecule has 2 heteroatoms. The highest BCUT2D eigenvalue weighted by atomic mass is 19.1. The van der Waals surface area contributed by atoms with Crippen LogP contribution in [0.2, 0.25) is 0 Å². The van der Waals surface area contributed by atoms with Gasteiger partial charge in [-0.1, -0.05) is 19.6 Å². The molecule has 1 nitrogen and oxygen atoms in total. The maximum absolute atomic E-state index is 13.1. The first-order chi connectivity index (χ1) is 5.65. The summed E-state index contributed by atoms with van der Waals surface area (Å²) in [6.45, 7) is 5.46. The van der Waals surface area contributed by atoms with Crippen LogP contribution >= 0.6 is 0 Å². The van der Waals surface area contributed by atoms with E-state index in [0.29, 0.717) is 5.56 Å². The van der Waals surface area contributed by atoms with Crippen molar-refractivity contribution < 1.29 is 4.39 Å². The Morgan fingerprint density at radius 3 is 2.67 bits per heavy atom. The van der Waals surface area contributed by atoms with E-state index in [1.165, 1.54) is 6.07 Å². The summed E-state index contributed by atoms with van der Waals surface area (Å²) in [6.07, 6.45) is 0.828. The predicted octanol–water partition coefficient (Wildman–Crippen LogP) is 2.32. The SMILES string of the molecule is C=C(N)c1ccc(CC)cc1F. The highest BCUT2D eigenvalue weighted by Crippen LogP contribution is 2.14. The van der Waals surface area contributed by atoms with Gasteiger partial charge in [-0.3, -0.25) is 0 Å². The van der Waals surface area contributed by atoms with Gasteiger partial charge in [0.2, 0.25) is 0 Å². The van der Waals surface area contributed by atoms with Crippen molar-refractivity contribution in [3.8, 4) is 0 Å². The van der Waals surface area contributed by atoms with Crippen molar-refractivity contribution in [3.05, 3.63) is 41.7 Å². The molecular weight excluding hydrogens is 153 g/mol. The number of rotatable bonds is 2. The highest BCUT2D eigenvalue weighted by molar-refractivity contribution is 5.60. The van der Waals surface area contributed by atoms with Crippen LogP contribution in [0.4, 0.5) is 4.39 Å². The van der Waals surface area contributed by atoms with Crippen molar-refractivity contribution in [3.63, 3.8) is 0 Å². The van der Waals surface area contributed by atoms with Crippen LogP contribution in [-0.2, 0) is 6.42 Å². The van der Waals surface area contributed by atoms with Gasteiger partial charge in [0.25, 0.3) is 0 Å². The van der Waals surface area contributed by atoms with E-state index >= 15 is 0 Å². The van der Waals surface area contributed by atoms with Crippen LogP contribution in [-0.4, -0.2) is 0 Å². The molecule has 1 aromatic rings. The van der Waals surface area contributed by atoms with Gasteiger partial charge in [0.15, 0.2) is 0 Å². The molecule has 1 rings (SSSR count). The number of halogens is 1. The molecule has 0 spiro atoms. The predicted molar refractivity (Wildman–Crippen MR) is 49.0 cm³/mol. The Labute approximate surface area is 71.7 Å². The minimum absolute atomic E-state index is 0.273. The second-order valence-corrected chi connectivity index (χ2v) is 2.69. The van der Waals surface area contributed by atoms with Crippen LogP contribution in [0.1, 0.15) is 18.1 Å². The van der Waals surface area contributed by atoms with Crippen LogP contribution in [0.3, 0.4) is 0 Å². The quantitative estimate of drug-likeness (QED) is 0.715. The highest BCUT2D eigenvalue weighted by Gasteiger charge is 2.02. The molecule has 0 aromatic heterocycles. The lowest BCUT2D eigenvalue weighted by molar-refractivity contribution is 0.621. The Balaban J connectivity index is 3.12. The Hall–Kier alpha value is -1.31. The van der Waals surface area contributed by atoms with Crippen molar-refractivity contribution in [2.45, 2.75) is 13.3 Å². The molecule has 0 amide bonds. The molecule has 0 aliphatic heterocycles. The minimum Gasteiger partial charge on any atom is -0.399 e. The smallest absolute Gasteiger partial charge is 0.132 e. The average Bonchev–Trinajstić information content (AvgIpc) is 2.03. The third-order valence-electron chi connectivity index (χ3n) is 1.79. The first kappa shape index (κ1) is 8.78. The van der Waals surface area contributed by atoms with E-state index in [-0.39, 0.29) is 11.5 Å². The summed E-state index contributed by atoms with van der Waals surface area (Å²) < 4.78 is 13.1. The second kappa shape index (κ2) is 3.39. The Morgan fingerprint density at radius 1 is 1.58 bits per heavy atom. The molecule has 0 atom stereocenters. The lowest BCUT2D eigenvalue weighted by Crippen LogP contribution is -1.98. The van der Waals surface area contributed by atoms with Crippen molar-refractivity contribution in [1.82, 2.24) is 0 Å². The summed E-state index contributed by atoms with van der Waals surface area (Å²) in [7, 11) is 0. The van der Waals surface area contributed by atoms with Crippen molar-refractivity contribution in [2.24, 2.45) is 5.73 Å². The van der Waals surface area contributed by atoms with Crippen LogP contribution in [0.25, 0.3) is 5.70 Å².